The summed E-state index contributed by atoms with van der Waals surface area (Å²) < 4.78 is 7.88. The quantitative estimate of drug-likeness (QED) is 0.808. The maximum absolute atomic E-state index is 12.7. The molecule has 0 amide bonds. The molecule has 0 atom stereocenters. The standard InChI is InChI=1S/C13H12BrN3O2/c1-17-8-15-16-12(17)11(18)13(6-19-7-13)9-3-2-4-10(14)5-9/h2-5,8H,6-7H2,1H3. The van der Waals surface area contributed by atoms with E-state index < -0.39 is 5.41 Å². The van der Waals surface area contributed by atoms with Gasteiger partial charge in [0, 0.05) is 11.5 Å². The van der Waals surface area contributed by atoms with Crippen LogP contribution in [0.5, 0.6) is 0 Å². The van der Waals surface area contributed by atoms with Gasteiger partial charge in [-0.15, -0.1) is 10.2 Å². The number of carbonyl (C=O) groups excluding carboxylic acids is 1. The van der Waals surface area contributed by atoms with Gasteiger partial charge in [-0.25, -0.2) is 0 Å². The molecule has 3 rings (SSSR count). The predicted octanol–water partition coefficient (Wildman–Crippen LogP) is 1.73. The van der Waals surface area contributed by atoms with E-state index in [2.05, 4.69) is 26.1 Å². The summed E-state index contributed by atoms with van der Waals surface area (Å²) in [5.41, 5.74) is 0.311. The van der Waals surface area contributed by atoms with Crippen LogP contribution in [0.15, 0.2) is 35.1 Å². The van der Waals surface area contributed by atoms with Crippen molar-refractivity contribution in [1.82, 2.24) is 14.8 Å². The summed E-state index contributed by atoms with van der Waals surface area (Å²) in [6.07, 6.45) is 1.53. The molecule has 0 radical (unpaired) electrons. The minimum Gasteiger partial charge on any atom is -0.378 e. The van der Waals surface area contributed by atoms with Crippen molar-refractivity contribution in [3.8, 4) is 0 Å². The van der Waals surface area contributed by atoms with Crippen LogP contribution in [-0.4, -0.2) is 33.8 Å². The summed E-state index contributed by atoms with van der Waals surface area (Å²) in [6, 6.07) is 7.76. The highest BCUT2D eigenvalue weighted by atomic mass is 79.9. The summed E-state index contributed by atoms with van der Waals surface area (Å²) in [5.74, 6) is 0.320. The van der Waals surface area contributed by atoms with Crippen LogP contribution in [0.1, 0.15) is 16.2 Å². The number of carbonyl (C=O) groups is 1. The Morgan fingerprint density at radius 3 is 2.79 bits per heavy atom. The van der Waals surface area contributed by atoms with Gasteiger partial charge in [-0.05, 0) is 17.7 Å². The molecule has 0 bridgehead atoms. The number of halogens is 1. The van der Waals surface area contributed by atoms with Gasteiger partial charge in [-0.3, -0.25) is 4.79 Å². The molecule has 0 unspecified atom stereocenters. The summed E-state index contributed by atoms with van der Waals surface area (Å²) >= 11 is 3.43. The highest BCUT2D eigenvalue weighted by Gasteiger charge is 2.49. The molecule has 5 nitrogen and oxygen atoms in total. The molecule has 1 aromatic carbocycles. The van der Waals surface area contributed by atoms with E-state index in [4.69, 9.17) is 4.74 Å². The third-order valence-electron chi connectivity index (χ3n) is 3.42. The van der Waals surface area contributed by atoms with Gasteiger partial charge in [0.05, 0.1) is 13.2 Å². The molecule has 1 aliphatic rings. The van der Waals surface area contributed by atoms with E-state index in [-0.39, 0.29) is 5.78 Å². The average Bonchev–Trinajstić information content (AvgIpc) is 2.74. The number of aryl methyl sites for hydroxylation is 1. The lowest BCUT2D eigenvalue weighted by molar-refractivity contribution is -0.0437. The lowest BCUT2D eigenvalue weighted by Gasteiger charge is -2.39. The molecular formula is C13H12BrN3O2. The van der Waals surface area contributed by atoms with Crippen molar-refractivity contribution in [3.63, 3.8) is 0 Å². The highest BCUT2D eigenvalue weighted by molar-refractivity contribution is 9.10. The molecule has 0 N–H and O–H groups in total. The van der Waals surface area contributed by atoms with Crippen LogP contribution in [-0.2, 0) is 17.2 Å². The van der Waals surface area contributed by atoms with E-state index in [1.165, 1.54) is 6.33 Å². The van der Waals surface area contributed by atoms with Gasteiger partial charge in [-0.2, -0.15) is 0 Å². The Morgan fingerprint density at radius 1 is 1.47 bits per heavy atom. The Labute approximate surface area is 118 Å². The van der Waals surface area contributed by atoms with Gasteiger partial charge >= 0.3 is 0 Å². The fourth-order valence-electron chi connectivity index (χ4n) is 2.22. The number of nitrogens with zero attached hydrogens (tertiary/aromatic N) is 3. The third-order valence-corrected chi connectivity index (χ3v) is 3.92. The van der Waals surface area contributed by atoms with E-state index in [1.54, 1.807) is 11.6 Å². The fourth-order valence-corrected chi connectivity index (χ4v) is 2.62. The molecular weight excluding hydrogens is 310 g/mol. The van der Waals surface area contributed by atoms with Crippen LogP contribution < -0.4 is 0 Å². The fraction of sp³-hybridized carbons (Fsp3) is 0.308. The lowest BCUT2D eigenvalue weighted by Crippen LogP contribution is -2.53. The van der Waals surface area contributed by atoms with Gasteiger partial charge in [0.2, 0.25) is 11.6 Å². The van der Waals surface area contributed by atoms with Gasteiger partial charge in [0.15, 0.2) is 0 Å². The number of aromatic nitrogens is 3. The second kappa shape index (κ2) is 4.54. The van der Waals surface area contributed by atoms with Crippen LogP contribution in [0.2, 0.25) is 0 Å². The Kier molecular flexibility index (Phi) is 2.99. The van der Waals surface area contributed by atoms with Crippen molar-refractivity contribution in [1.29, 1.82) is 0 Å². The summed E-state index contributed by atoms with van der Waals surface area (Å²) in [6.45, 7) is 0.768. The molecule has 2 heterocycles. The van der Waals surface area contributed by atoms with Gasteiger partial charge < -0.3 is 9.30 Å². The zero-order chi connectivity index (χ0) is 13.5. The first-order valence-corrected chi connectivity index (χ1v) is 6.65. The summed E-state index contributed by atoms with van der Waals surface area (Å²) in [7, 11) is 1.77. The molecule has 1 aliphatic heterocycles. The number of Topliss-reactive ketones (excluding diaryl/α,β-unsaturated/α-hetero) is 1. The second-order valence-corrected chi connectivity index (χ2v) is 5.60. The second-order valence-electron chi connectivity index (χ2n) is 4.68. The number of hydrogen-bond donors (Lipinski definition) is 0. The van der Waals surface area contributed by atoms with E-state index >= 15 is 0 Å². The largest absolute Gasteiger partial charge is 0.378 e. The van der Waals surface area contributed by atoms with Crippen LogP contribution in [0.25, 0.3) is 0 Å². The van der Waals surface area contributed by atoms with Crippen LogP contribution >= 0.6 is 15.9 Å². The van der Waals surface area contributed by atoms with E-state index in [0.29, 0.717) is 19.0 Å². The first-order valence-electron chi connectivity index (χ1n) is 5.86. The van der Waals surface area contributed by atoms with Crippen LogP contribution in [0.4, 0.5) is 0 Å². The first-order chi connectivity index (χ1) is 9.13. The van der Waals surface area contributed by atoms with Crippen molar-refractivity contribution in [2.75, 3.05) is 13.2 Å². The van der Waals surface area contributed by atoms with Crippen molar-refractivity contribution in [3.05, 3.63) is 46.5 Å². The highest BCUT2D eigenvalue weighted by Crippen LogP contribution is 2.36. The zero-order valence-corrected chi connectivity index (χ0v) is 11.9. The molecule has 0 saturated carbocycles. The van der Waals surface area contributed by atoms with Crippen molar-refractivity contribution >= 4 is 21.7 Å². The van der Waals surface area contributed by atoms with Crippen molar-refractivity contribution in [2.45, 2.75) is 5.41 Å². The Morgan fingerprint density at radius 2 is 2.26 bits per heavy atom. The molecule has 98 valence electrons. The maximum Gasteiger partial charge on any atom is 0.215 e. The topological polar surface area (TPSA) is 57.0 Å². The minimum atomic E-state index is -0.634. The number of hydrogen-bond acceptors (Lipinski definition) is 4. The van der Waals surface area contributed by atoms with E-state index in [0.717, 1.165) is 10.0 Å². The van der Waals surface area contributed by atoms with E-state index in [1.807, 2.05) is 24.3 Å². The Hall–Kier alpha value is -1.53. The molecule has 19 heavy (non-hydrogen) atoms. The Balaban J connectivity index is 2.05. The SMILES string of the molecule is Cn1cnnc1C(=O)C1(c2cccc(Br)c2)COC1. The Bertz CT molecular complexity index is 634. The van der Waals surface area contributed by atoms with Crippen molar-refractivity contribution < 1.29 is 9.53 Å². The lowest BCUT2D eigenvalue weighted by atomic mass is 9.74. The van der Waals surface area contributed by atoms with Gasteiger partial charge in [0.1, 0.15) is 11.7 Å². The van der Waals surface area contributed by atoms with Gasteiger partial charge in [0.25, 0.3) is 0 Å². The summed E-state index contributed by atoms with van der Waals surface area (Å²) in [5, 5.41) is 7.68. The zero-order valence-electron chi connectivity index (χ0n) is 10.3. The van der Waals surface area contributed by atoms with E-state index in [9.17, 15) is 4.79 Å². The predicted molar refractivity (Wildman–Crippen MR) is 72.0 cm³/mol. The maximum atomic E-state index is 12.7. The molecule has 1 fully saturated rings. The first kappa shape index (κ1) is 12.5. The molecule has 0 aliphatic carbocycles. The van der Waals surface area contributed by atoms with Crippen LogP contribution in [0, 0.1) is 0 Å². The average molecular weight is 322 g/mol. The monoisotopic (exact) mass is 321 g/mol. The number of rotatable bonds is 3. The molecule has 6 heteroatoms. The molecule has 0 spiro atoms. The normalized spacial score (nSPS) is 16.9. The number of benzene rings is 1. The number of ether oxygens (including phenoxy) is 1. The molecule has 1 saturated heterocycles. The van der Waals surface area contributed by atoms with Gasteiger partial charge in [-0.1, -0.05) is 28.1 Å². The summed E-state index contributed by atoms with van der Waals surface area (Å²) in [4.78, 5) is 12.7. The van der Waals surface area contributed by atoms with Crippen LogP contribution in [0.3, 0.4) is 0 Å². The third kappa shape index (κ3) is 1.91. The van der Waals surface area contributed by atoms with Crippen molar-refractivity contribution in [2.24, 2.45) is 7.05 Å². The smallest absolute Gasteiger partial charge is 0.215 e. The molecule has 1 aromatic heterocycles. The molecule has 2 aromatic rings. The minimum absolute atomic E-state index is 0.0446. The number of ketones is 1.